The van der Waals surface area contributed by atoms with Crippen LogP contribution in [0.5, 0.6) is 0 Å². The summed E-state index contributed by atoms with van der Waals surface area (Å²) in [6, 6.07) is 4.73. The van der Waals surface area contributed by atoms with E-state index in [0.717, 1.165) is 39.5 Å². The van der Waals surface area contributed by atoms with Gasteiger partial charge in [0, 0.05) is 20.6 Å². The van der Waals surface area contributed by atoms with Crippen molar-refractivity contribution in [1.29, 1.82) is 5.26 Å². The van der Waals surface area contributed by atoms with Crippen LogP contribution in [-0.4, -0.2) is 54.2 Å². The molecule has 0 amide bonds. The molecule has 2 aromatic rings. The molecule has 1 atom stereocenters. The van der Waals surface area contributed by atoms with Gasteiger partial charge in [-0.15, -0.1) is 0 Å². The Hall–Kier alpha value is -2.43. The van der Waals surface area contributed by atoms with E-state index in [2.05, 4.69) is 30.5 Å². The Bertz CT molecular complexity index is 954. The minimum absolute atomic E-state index is 0.226. The molecule has 3 rings (SSSR count). The number of anilines is 1. The van der Waals surface area contributed by atoms with Gasteiger partial charge in [0.25, 0.3) is 0 Å². The maximum atomic E-state index is 9.80. The molecule has 2 aromatic heterocycles. The molecule has 0 bridgehead atoms. The summed E-state index contributed by atoms with van der Waals surface area (Å²) in [4.78, 5) is 9.28. The van der Waals surface area contributed by atoms with Crippen molar-refractivity contribution in [1.82, 2.24) is 14.3 Å². The highest BCUT2D eigenvalue weighted by atomic mass is 32.1. The number of allylic oxidation sites excluding steroid dienone is 2. The predicted molar refractivity (Wildman–Crippen MR) is 116 cm³/mol. The van der Waals surface area contributed by atoms with Crippen LogP contribution in [0.2, 0.25) is 0 Å². The molecule has 1 fully saturated rings. The SMILES string of the molecule is C=C/C=C(/c1nsc2c(C(C)(C)C#N)cc(N3CCOCC3C)nc12)N(C)C. The van der Waals surface area contributed by atoms with E-state index in [4.69, 9.17) is 14.1 Å². The van der Waals surface area contributed by atoms with E-state index in [0.29, 0.717) is 13.2 Å². The summed E-state index contributed by atoms with van der Waals surface area (Å²) in [7, 11) is 3.96. The van der Waals surface area contributed by atoms with Crippen molar-refractivity contribution in [2.45, 2.75) is 32.2 Å². The van der Waals surface area contributed by atoms with Gasteiger partial charge in [-0.1, -0.05) is 12.7 Å². The lowest BCUT2D eigenvalue weighted by Gasteiger charge is -2.35. The molecule has 148 valence electrons. The molecule has 7 heteroatoms. The Morgan fingerprint density at radius 3 is 2.86 bits per heavy atom. The number of morpholine rings is 1. The van der Waals surface area contributed by atoms with E-state index in [-0.39, 0.29) is 6.04 Å². The molecule has 6 nitrogen and oxygen atoms in total. The van der Waals surface area contributed by atoms with Crippen LogP contribution in [-0.2, 0) is 10.2 Å². The number of hydrogen-bond acceptors (Lipinski definition) is 7. The molecular weight excluding hydrogens is 370 g/mol. The lowest BCUT2D eigenvalue weighted by Crippen LogP contribution is -2.44. The maximum Gasteiger partial charge on any atom is 0.130 e. The first kappa shape index (κ1) is 20.3. The average molecular weight is 398 g/mol. The van der Waals surface area contributed by atoms with E-state index in [1.807, 2.05) is 38.9 Å². The number of aromatic nitrogens is 2. The van der Waals surface area contributed by atoms with Gasteiger partial charge in [-0.2, -0.15) is 9.64 Å². The van der Waals surface area contributed by atoms with Crippen LogP contribution >= 0.6 is 11.5 Å². The first-order valence-corrected chi connectivity index (χ1v) is 10.1. The van der Waals surface area contributed by atoms with Gasteiger partial charge in [0.05, 0.1) is 41.1 Å². The molecule has 0 radical (unpaired) electrons. The predicted octanol–water partition coefficient (Wildman–Crippen LogP) is 3.81. The molecule has 0 saturated carbocycles. The minimum Gasteiger partial charge on any atom is -0.377 e. The fraction of sp³-hybridized carbons (Fsp3) is 0.476. The Morgan fingerprint density at radius 2 is 2.25 bits per heavy atom. The first-order valence-electron chi connectivity index (χ1n) is 9.37. The Morgan fingerprint density at radius 1 is 1.50 bits per heavy atom. The molecule has 28 heavy (non-hydrogen) atoms. The maximum absolute atomic E-state index is 9.80. The Kier molecular flexibility index (Phi) is 5.73. The van der Waals surface area contributed by atoms with Crippen LogP contribution < -0.4 is 4.90 Å². The topological polar surface area (TPSA) is 65.3 Å². The number of pyridine rings is 1. The van der Waals surface area contributed by atoms with E-state index in [9.17, 15) is 5.26 Å². The van der Waals surface area contributed by atoms with Crippen molar-refractivity contribution >= 4 is 33.3 Å². The summed E-state index contributed by atoms with van der Waals surface area (Å²) in [5, 5.41) is 9.80. The first-order chi connectivity index (χ1) is 13.3. The minimum atomic E-state index is -0.643. The molecule has 3 heterocycles. The molecule has 1 aliphatic rings. The number of hydrogen-bond donors (Lipinski definition) is 0. The molecule has 0 spiro atoms. The highest BCUT2D eigenvalue weighted by molar-refractivity contribution is 7.13. The third-order valence-electron chi connectivity index (χ3n) is 5.03. The van der Waals surface area contributed by atoms with Gasteiger partial charge >= 0.3 is 0 Å². The molecule has 0 aliphatic carbocycles. The summed E-state index contributed by atoms with van der Waals surface area (Å²) in [6.07, 6.45) is 3.70. The highest BCUT2D eigenvalue weighted by Crippen LogP contribution is 2.38. The van der Waals surface area contributed by atoms with Crippen molar-refractivity contribution in [2.75, 3.05) is 38.8 Å². The van der Waals surface area contributed by atoms with Crippen molar-refractivity contribution in [2.24, 2.45) is 0 Å². The van der Waals surface area contributed by atoms with E-state index in [1.165, 1.54) is 11.5 Å². The van der Waals surface area contributed by atoms with Gasteiger partial charge in [-0.3, -0.25) is 0 Å². The highest BCUT2D eigenvalue weighted by Gasteiger charge is 2.29. The summed E-state index contributed by atoms with van der Waals surface area (Å²) < 4.78 is 11.3. The van der Waals surface area contributed by atoms with Crippen LogP contribution in [0.4, 0.5) is 5.82 Å². The molecule has 1 unspecified atom stereocenters. The normalized spacial score (nSPS) is 18.2. The number of nitrogens with zero attached hydrogens (tertiary/aromatic N) is 5. The zero-order chi connectivity index (χ0) is 20.5. The number of nitriles is 1. The molecule has 1 aliphatic heterocycles. The summed E-state index contributed by atoms with van der Waals surface area (Å²) in [5.74, 6) is 0.875. The summed E-state index contributed by atoms with van der Waals surface area (Å²) in [6.45, 7) is 12.0. The van der Waals surface area contributed by atoms with Crippen LogP contribution in [0, 0.1) is 11.3 Å². The van der Waals surface area contributed by atoms with Crippen molar-refractivity contribution in [3.05, 3.63) is 36.1 Å². The van der Waals surface area contributed by atoms with Gasteiger partial charge < -0.3 is 14.5 Å². The van der Waals surface area contributed by atoms with Crippen LogP contribution in [0.15, 0.2) is 24.8 Å². The van der Waals surface area contributed by atoms with Gasteiger partial charge in [0.2, 0.25) is 0 Å². The third kappa shape index (κ3) is 3.62. The zero-order valence-electron chi connectivity index (χ0n) is 17.2. The Labute approximate surface area is 170 Å². The lowest BCUT2D eigenvalue weighted by molar-refractivity contribution is 0.0985. The van der Waals surface area contributed by atoms with Crippen LogP contribution in [0.1, 0.15) is 32.0 Å². The average Bonchev–Trinajstić information content (AvgIpc) is 3.08. The molecule has 0 N–H and O–H groups in total. The molecule has 0 aromatic carbocycles. The van der Waals surface area contributed by atoms with Gasteiger partial charge in [0.15, 0.2) is 0 Å². The second-order valence-corrected chi connectivity index (χ2v) is 8.55. The molecular formula is C21H27N5OS. The van der Waals surface area contributed by atoms with Crippen LogP contribution in [0.25, 0.3) is 15.9 Å². The quantitative estimate of drug-likeness (QED) is 0.715. The monoisotopic (exact) mass is 397 g/mol. The van der Waals surface area contributed by atoms with Crippen LogP contribution in [0.3, 0.4) is 0 Å². The zero-order valence-corrected chi connectivity index (χ0v) is 18.0. The van der Waals surface area contributed by atoms with Gasteiger partial charge in [-0.05, 0) is 50.0 Å². The van der Waals surface area contributed by atoms with Gasteiger partial charge in [-0.25, -0.2) is 4.98 Å². The van der Waals surface area contributed by atoms with Crippen molar-refractivity contribution in [3.8, 4) is 6.07 Å². The second kappa shape index (κ2) is 7.90. The number of ether oxygens (including phenoxy) is 1. The van der Waals surface area contributed by atoms with E-state index >= 15 is 0 Å². The third-order valence-corrected chi connectivity index (χ3v) is 5.90. The van der Waals surface area contributed by atoms with E-state index in [1.54, 1.807) is 6.08 Å². The smallest absolute Gasteiger partial charge is 0.130 e. The van der Waals surface area contributed by atoms with Gasteiger partial charge in [0.1, 0.15) is 17.0 Å². The molecule has 1 saturated heterocycles. The summed E-state index contributed by atoms with van der Waals surface area (Å²) >= 11 is 1.40. The number of fused-ring (bicyclic) bond motifs is 1. The second-order valence-electron chi connectivity index (χ2n) is 7.77. The largest absolute Gasteiger partial charge is 0.377 e. The lowest BCUT2D eigenvalue weighted by atomic mass is 9.86. The standard InChI is InChI=1S/C21H27N5OS/c1-7-8-16(25(5)6)18-19-20(28-24-18)15(21(3,4)13-22)11-17(23-19)26-9-10-27-12-14(26)2/h7-8,11,14H,1,9-10,12H2,2-6H3/b16-8-. The van der Waals surface area contributed by atoms with Crippen molar-refractivity contribution in [3.63, 3.8) is 0 Å². The van der Waals surface area contributed by atoms with E-state index < -0.39 is 5.41 Å². The Balaban J connectivity index is 2.29. The fourth-order valence-electron chi connectivity index (χ4n) is 3.37. The van der Waals surface area contributed by atoms with Crippen molar-refractivity contribution < 1.29 is 4.74 Å². The number of rotatable bonds is 5. The summed E-state index contributed by atoms with van der Waals surface area (Å²) in [5.41, 5.74) is 2.93. The fourth-order valence-corrected chi connectivity index (χ4v) is 4.37.